The van der Waals surface area contributed by atoms with Crippen molar-refractivity contribution in [3.63, 3.8) is 0 Å². The number of hydrogen-bond acceptors (Lipinski definition) is 3. The van der Waals surface area contributed by atoms with Crippen molar-refractivity contribution in [1.29, 1.82) is 0 Å². The minimum Gasteiger partial charge on any atom is -0.228 e. The minimum atomic E-state index is 1.19. The Hall–Kier alpha value is -0.120. The number of nitrogens with zero attached hydrogens (tertiary/aromatic N) is 3. The Bertz CT molecular complexity index is 255. The van der Waals surface area contributed by atoms with Crippen molar-refractivity contribution in [1.82, 2.24) is 15.1 Å². The molecule has 3 heteroatoms. The fraction of sp³-hybridized carbons (Fsp3) is 1.00. The molecule has 0 N–H and O–H groups in total. The Morgan fingerprint density at radius 1 is 0.333 bits per heavy atom. The van der Waals surface area contributed by atoms with Crippen LogP contribution in [-0.2, 0) is 0 Å². The topological polar surface area (TPSA) is 9.72 Å². The summed E-state index contributed by atoms with van der Waals surface area (Å²) in [6, 6.07) is 0. The molecular weight excluding hydrogens is 330 g/mol. The van der Waals surface area contributed by atoms with Crippen molar-refractivity contribution in [2.75, 3.05) is 32.7 Å². The zero-order valence-electron chi connectivity index (χ0n) is 19.8. The summed E-state index contributed by atoms with van der Waals surface area (Å²) in [5, 5.41) is 7.88. The van der Waals surface area contributed by atoms with E-state index < -0.39 is 0 Å². The monoisotopic (exact) mass is 383 g/mol. The van der Waals surface area contributed by atoms with Gasteiger partial charge in [-0.3, -0.25) is 0 Å². The molecule has 0 aromatic carbocycles. The van der Waals surface area contributed by atoms with E-state index in [1.165, 1.54) is 123 Å². The van der Waals surface area contributed by atoms with Crippen molar-refractivity contribution in [2.24, 2.45) is 0 Å². The van der Waals surface area contributed by atoms with Crippen LogP contribution in [0.2, 0.25) is 0 Å². The highest BCUT2D eigenvalue weighted by Gasteiger charge is 2.20. The Morgan fingerprint density at radius 2 is 0.667 bits per heavy atom. The second kappa shape index (κ2) is 20.6. The van der Waals surface area contributed by atoms with Crippen LogP contribution in [0, 0.1) is 0 Å². The summed E-state index contributed by atoms with van der Waals surface area (Å²) in [7, 11) is 0. The molecule has 0 fully saturated rings. The molecule has 0 bridgehead atoms. The fourth-order valence-electron chi connectivity index (χ4n) is 3.92. The highest BCUT2D eigenvalue weighted by molar-refractivity contribution is 4.60. The SMILES string of the molecule is CCCCCCCCCCCCN(N(CCC)CCC)N(CCC)CCC. The van der Waals surface area contributed by atoms with E-state index in [2.05, 4.69) is 49.8 Å². The van der Waals surface area contributed by atoms with Crippen LogP contribution in [0.1, 0.15) is 125 Å². The normalized spacial score (nSPS) is 12.0. The fourth-order valence-corrected chi connectivity index (χ4v) is 3.92. The zero-order valence-corrected chi connectivity index (χ0v) is 19.8. The maximum Gasteiger partial charge on any atom is 0.0293 e. The second-order valence-electron chi connectivity index (χ2n) is 8.19. The van der Waals surface area contributed by atoms with Gasteiger partial charge in [-0.25, -0.2) is 10.0 Å². The van der Waals surface area contributed by atoms with Crippen LogP contribution in [0.5, 0.6) is 0 Å². The summed E-state index contributed by atoms with van der Waals surface area (Å²) in [6.07, 6.45) is 19.1. The smallest absolute Gasteiger partial charge is 0.0293 e. The van der Waals surface area contributed by atoms with Crippen LogP contribution < -0.4 is 0 Å². The molecule has 0 atom stereocenters. The molecule has 0 amide bonds. The van der Waals surface area contributed by atoms with Crippen LogP contribution >= 0.6 is 0 Å². The number of rotatable bonds is 21. The number of hydrogen-bond donors (Lipinski definition) is 0. The summed E-state index contributed by atoms with van der Waals surface area (Å²) in [5.41, 5.74) is 0. The van der Waals surface area contributed by atoms with Crippen LogP contribution in [0.15, 0.2) is 0 Å². The van der Waals surface area contributed by atoms with Crippen molar-refractivity contribution in [2.45, 2.75) is 125 Å². The molecule has 3 nitrogen and oxygen atoms in total. The molecule has 0 heterocycles. The zero-order chi connectivity index (χ0) is 20.2. The minimum absolute atomic E-state index is 1.19. The van der Waals surface area contributed by atoms with Gasteiger partial charge >= 0.3 is 0 Å². The van der Waals surface area contributed by atoms with Gasteiger partial charge in [-0.1, -0.05) is 92.4 Å². The van der Waals surface area contributed by atoms with E-state index in [4.69, 9.17) is 0 Å². The molecule has 0 unspecified atom stereocenters. The van der Waals surface area contributed by atoms with E-state index in [1.54, 1.807) is 0 Å². The van der Waals surface area contributed by atoms with E-state index in [0.29, 0.717) is 0 Å². The third kappa shape index (κ3) is 14.5. The standard InChI is InChI=1S/C24H53N3/c1-6-11-12-13-14-15-16-17-18-19-24-27(25(20-7-2)21-8-3)26(22-9-4)23-10-5/h6-24H2,1-5H3. The Morgan fingerprint density at radius 3 is 1.00 bits per heavy atom. The highest BCUT2D eigenvalue weighted by Crippen LogP contribution is 2.14. The molecule has 0 rings (SSSR count). The molecule has 0 aromatic rings. The van der Waals surface area contributed by atoms with Gasteiger partial charge in [-0.05, 0) is 32.1 Å². The predicted octanol–water partition coefficient (Wildman–Crippen LogP) is 7.28. The molecule has 164 valence electrons. The quantitative estimate of drug-likeness (QED) is 0.152. The molecule has 0 aliphatic carbocycles. The van der Waals surface area contributed by atoms with Crippen molar-refractivity contribution in [3.05, 3.63) is 0 Å². The summed E-state index contributed by atoms with van der Waals surface area (Å²) < 4.78 is 0. The molecule has 0 saturated carbocycles. The van der Waals surface area contributed by atoms with E-state index in [9.17, 15) is 0 Å². The average molecular weight is 384 g/mol. The van der Waals surface area contributed by atoms with Crippen LogP contribution in [-0.4, -0.2) is 47.9 Å². The van der Waals surface area contributed by atoms with Crippen LogP contribution in [0.4, 0.5) is 0 Å². The first-order valence-corrected chi connectivity index (χ1v) is 12.5. The third-order valence-corrected chi connectivity index (χ3v) is 5.29. The lowest BCUT2D eigenvalue weighted by molar-refractivity contribution is -0.187. The van der Waals surface area contributed by atoms with E-state index in [0.717, 1.165) is 0 Å². The summed E-state index contributed by atoms with van der Waals surface area (Å²) in [6.45, 7) is 17.5. The Labute approximate surface area is 172 Å². The van der Waals surface area contributed by atoms with Crippen LogP contribution in [0.3, 0.4) is 0 Å². The molecule has 0 aliphatic rings. The summed E-state index contributed by atoms with van der Waals surface area (Å²) >= 11 is 0. The lowest BCUT2D eigenvalue weighted by atomic mass is 10.1. The first-order valence-electron chi connectivity index (χ1n) is 12.5. The van der Waals surface area contributed by atoms with Gasteiger partial charge in [0.05, 0.1) is 0 Å². The van der Waals surface area contributed by atoms with E-state index in [1.807, 2.05) is 0 Å². The van der Waals surface area contributed by atoms with Crippen molar-refractivity contribution < 1.29 is 0 Å². The van der Waals surface area contributed by atoms with Gasteiger partial charge in [-0.15, -0.1) is 0 Å². The Kier molecular flexibility index (Phi) is 20.5. The lowest BCUT2D eigenvalue weighted by Gasteiger charge is -2.42. The van der Waals surface area contributed by atoms with Gasteiger partial charge in [0, 0.05) is 32.7 Å². The molecular formula is C24H53N3. The van der Waals surface area contributed by atoms with Gasteiger partial charge in [-0.2, -0.15) is 5.12 Å². The average Bonchev–Trinajstić information content (AvgIpc) is 2.66. The number of hydrazine groups is 2. The first-order chi connectivity index (χ1) is 13.2. The maximum atomic E-state index is 2.63. The molecule has 0 spiro atoms. The first kappa shape index (κ1) is 26.9. The lowest BCUT2D eigenvalue weighted by Crippen LogP contribution is -2.54. The molecule has 0 saturated heterocycles. The Balaban J connectivity index is 4.29. The third-order valence-electron chi connectivity index (χ3n) is 5.29. The van der Waals surface area contributed by atoms with Gasteiger partial charge in [0.15, 0.2) is 0 Å². The molecule has 0 aliphatic heterocycles. The molecule has 0 radical (unpaired) electrons. The number of unbranched alkanes of at least 4 members (excludes halogenated alkanes) is 9. The largest absolute Gasteiger partial charge is 0.228 e. The van der Waals surface area contributed by atoms with Gasteiger partial charge in [0.2, 0.25) is 0 Å². The van der Waals surface area contributed by atoms with E-state index >= 15 is 0 Å². The van der Waals surface area contributed by atoms with Gasteiger partial charge in [0.1, 0.15) is 0 Å². The predicted molar refractivity (Wildman–Crippen MR) is 123 cm³/mol. The van der Waals surface area contributed by atoms with Gasteiger partial charge < -0.3 is 0 Å². The molecule has 27 heavy (non-hydrogen) atoms. The van der Waals surface area contributed by atoms with Crippen molar-refractivity contribution in [3.8, 4) is 0 Å². The summed E-state index contributed by atoms with van der Waals surface area (Å²) in [4.78, 5) is 0. The van der Waals surface area contributed by atoms with Gasteiger partial charge in [0.25, 0.3) is 0 Å². The van der Waals surface area contributed by atoms with E-state index in [-0.39, 0.29) is 0 Å². The maximum absolute atomic E-state index is 2.63. The van der Waals surface area contributed by atoms with Crippen LogP contribution in [0.25, 0.3) is 0 Å². The summed E-state index contributed by atoms with van der Waals surface area (Å²) in [5.74, 6) is 0. The second-order valence-corrected chi connectivity index (χ2v) is 8.19. The molecule has 0 aromatic heterocycles. The van der Waals surface area contributed by atoms with Crippen molar-refractivity contribution >= 4 is 0 Å². The highest BCUT2D eigenvalue weighted by atomic mass is 15.9.